The number of aromatic amines is 1. The first-order valence-electron chi connectivity index (χ1n) is 14.0. The summed E-state index contributed by atoms with van der Waals surface area (Å²) in [6.07, 6.45) is -4.06. The summed E-state index contributed by atoms with van der Waals surface area (Å²) >= 11 is 6.92. The molecule has 5 rings (SSSR count). The molecule has 0 radical (unpaired) electrons. The van der Waals surface area contributed by atoms with E-state index in [4.69, 9.17) is 21.2 Å². The molecule has 1 saturated heterocycles. The number of carbonyl (C=O) groups excluding carboxylic acids is 3. The first kappa shape index (κ1) is 33.3. The van der Waals surface area contributed by atoms with Crippen molar-refractivity contribution in [2.45, 2.75) is 45.0 Å². The van der Waals surface area contributed by atoms with Crippen LogP contribution in [0.3, 0.4) is 0 Å². The van der Waals surface area contributed by atoms with E-state index in [1.54, 1.807) is 50.1 Å². The first-order valence-corrected chi connectivity index (χ1v) is 15.2. The van der Waals surface area contributed by atoms with Gasteiger partial charge in [0.25, 0.3) is 11.8 Å². The van der Waals surface area contributed by atoms with Crippen LogP contribution in [0.15, 0.2) is 52.5 Å². The lowest BCUT2D eigenvalue weighted by Crippen LogP contribution is -2.61. The van der Waals surface area contributed by atoms with Crippen molar-refractivity contribution in [1.82, 2.24) is 25.5 Å². The Labute approximate surface area is 271 Å². The number of alkyl halides is 3. The minimum absolute atomic E-state index is 0.0491. The van der Waals surface area contributed by atoms with E-state index in [1.165, 1.54) is 24.1 Å². The number of allylic oxidation sites excluding steroid dienone is 1. The molecule has 2 aliphatic rings. The number of fused-ring (bicyclic) bond motifs is 1. The molecule has 0 aliphatic carbocycles. The number of hydroxylamine groups is 1. The van der Waals surface area contributed by atoms with Crippen LogP contribution in [0.1, 0.15) is 37.5 Å². The summed E-state index contributed by atoms with van der Waals surface area (Å²) in [7, 11) is 1.26. The summed E-state index contributed by atoms with van der Waals surface area (Å²) in [4.78, 5) is 51.5. The molecule has 3 heterocycles. The summed E-state index contributed by atoms with van der Waals surface area (Å²) in [5, 5.41) is 7.72. The molecule has 0 bridgehead atoms. The van der Waals surface area contributed by atoms with Gasteiger partial charge in [-0.1, -0.05) is 23.7 Å². The third kappa shape index (κ3) is 7.32. The predicted molar refractivity (Wildman–Crippen MR) is 167 cm³/mol. The quantitative estimate of drug-likeness (QED) is 0.271. The van der Waals surface area contributed by atoms with E-state index in [2.05, 4.69) is 20.7 Å². The molecule has 46 heavy (non-hydrogen) atoms. The number of ether oxygens (including phenoxy) is 1. The third-order valence-electron chi connectivity index (χ3n) is 7.18. The molecule has 244 valence electrons. The molecular formula is C30H30ClF3N6O5S. The highest BCUT2D eigenvalue weighted by molar-refractivity contribution is 8.18. The Morgan fingerprint density at radius 2 is 1.91 bits per heavy atom. The van der Waals surface area contributed by atoms with Crippen LogP contribution in [-0.4, -0.2) is 81.5 Å². The summed E-state index contributed by atoms with van der Waals surface area (Å²) in [6, 6.07) is 7.63. The zero-order chi connectivity index (χ0) is 33.4. The number of H-pyrrole nitrogens is 1. The number of nitrogens with zero attached hydrogens (tertiary/aromatic N) is 4. The Balaban J connectivity index is 1.50. The van der Waals surface area contributed by atoms with Crippen LogP contribution in [0.25, 0.3) is 16.5 Å². The van der Waals surface area contributed by atoms with Crippen LogP contribution in [-0.2, 0) is 31.8 Å². The van der Waals surface area contributed by atoms with Gasteiger partial charge in [-0.2, -0.15) is 23.3 Å². The summed E-state index contributed by atoms with van der Waals surface area (Å²) in [5.74, 6) is -1.25. The number of amidine groups is 1. The van der Waals surface area contributed by atoms with Crippen LogP contribution >= 0.6 is 23.4 Å². The molecular weight excluding hydrogens is 649 g/mol. The van der Waals surface area contributed by atoms with Crippen molar-refractivity contribution in [3.8, 4) is 0 Å². The number of hydrogen-bond acceptors (Lipinski definition) is 8. The second-order valence-corrected chi connectivity index (χ2v) is 13.0. The predicted octanol–water partition coefficient (Wildman–Crippen LogP) is 5.42. The van der Waals surface area contributed by atoms with Crippen molar-refractivity contribution in [2.75, 3.05) is 26.7 Å². The number of benzene rings is 2. The van der Waals surface area contributed by atoms with E-state index in [-0.39, 0.29) is 46.7 Å². The molecule has 2 aliphatic heterocycles. The van der Waals surface area contributed by atoms with Gasteiger partial charge in [-0.25, -0.2) is 10.3 Å². The summed E-state index contributed by atoms with van der Waals surface area (Å²) in [6.45, 7) is 5.34. The fourth-order valence-corrected chi connectivity index (χ4v) is 6.34. The van der Waals surface area contributed by atoms with Gasteiger partial charge < -0.3 is 9.64 Å². The van der Waals surface area contributed by atoms with Gasteiger partial charge in [0.15, 0.2) is 5.17 Å². The average Bonchev–Trinajstić information content (AvgIpc) is 3.61. The zero-order valence-corrected chi connectivity index (χ0v) is 26.8. The lowest BCUT2D eigenvalue weighted by Gasteiger charge is -2.41. The maximum absolute atomic E-state index is 14.1. The van der Waals surface area contributed by atoms with Crippen molar-refractivity contribution in [2.24, 2.45) is 4.99 Å². The summed E-state index contributed by atoms with van der Waals surface area (Å²) in [5.41, 5.74) is 2.00. The van der Waals surface area contributed by atoms with E-state index >= 15 is 0 Å². The Hall–Kier alpha value is -4.08. The van der Waals surface area contributed by atoms with E-state index in [1.807, 2.05) is 0 Å². The number of rotatable bonds is 5. The van der Waals surface area contributed by atoms with Gasteiger partial charge in [-0.15, -0.1) is 0 Å². The van der Waals surface area contributed by atoms with Gasteiger partial charge in [0.2, 0.25) is 0 Å². The highest BCUT2D eigenvalue weighted by Gasteiger charge is 2.41. The molecule has 1 fully saturated rings. The normalized spacial score (nSPS) is 18.6. The van der Waals surface area contributed by atoms with Gasteiger partial charge in [-0.05, 0) is 79.9 Å². The minimum Gasteiger partial charge on any atom is -0.444 e. The molecule has 11 nitrogen and oxygen atoms in total. The Bertz CT molecular complexity index is 1750. The van der Waals surface area contributed by atoms with Crippen LogP contribution in [0.4, 0.5) is 18.0 Å². The third-order valence-corrected chi connectivity index (χ3v) is 8.57. The lowest BCUT2D eigenvalue weighted by molar-refractivity contribution is -0.139. The number of hydrogen-bond donors (Lipinski definition) is 2. The van der Waals surface area contributed by atoms with E-state index in [9.17, 15) is 27.6 Å². The highest BCUT2D eigenvalue weighted by atomic mass is 35.5. The minimum atomic E-state index is -4.69. The van der Waals surface area contributed by atoms with Crippen LogP contribution < -0.4 is 5.48 Å². The standard InChI is InChI=1S/C30H30ClF3N6O5S/c1-29(2,3)45-28(43)40-10-9-39(15-23(40)25(41)38-44-4)27-36-26(42)24(46-27)20(16-6-8-22-18(11-16)14-35-37-22)12-17-5-7-19(31)13-21(17)30(32,33)34/h5-8,11,13-14,23H,9-10,12,15H2,1-4H3,(H,35,37)(H,38,41). The highest BCUT2D eigenvalue weighted by Crippen LogP contribution is 2.41. The number of nitrogens with one attached hydrogen (secondary N) is 2. The van der Waals surface area contributed by atoms with Crippen molar-refractivity contribution in [3.63, 3.8) is 0 Å². The van der Waals surface area contributed by atoms with E-state index in [0.717, 1.165) is 17.8 Å². The van der Waals surface area contributed by atoms with Gasteiger partial charge in [0, 0.05) is 30.0 Å². The fourth-order valence-electron chi connectivity index (χ4n) is 5.11. The van der Waals surface area contributed by atoms with Crippen LogP contribution in [0, 0.1) is 0 Å². The number of aliphatic imine (C=N–C) groups is 1. The van der Waals surface area contributed by atoms with Crippen molar-refractivity contribution >= 4 is 62.9 Å². The number of piperazine rings is 1. The maximum Gasteiger partial charge on any atom is 0.416 e. The molecule has 1 aromatic heterocycles. The number of carbonyl (C=O) groups is 3. The molecule has 0 spiro atoms. The fraction of sp³-hybridized carbons (Fsp3) is 0.367. The largest absolute Gasteiger partial charge is 0.444 e. The number of aromatic nitrogens is 2. The Kier molecular flexibility index (Phi) is 9.38. The molecule has 3 amide bonds. The lowest BCUT2D eigenvalue weighted by atomic mass is 9.93. The zero-order valence-electron chi connectivity index (χ0n) is 25.2. The van der Waals surface area contributed by atoms with Gasteiger partial charge in [-0.3, -0.25) is 24.4 Å². The number of amides is 3. The van der Waals surface area contributed by atoms with Crippen molar-refractivity contribution in [3.05, 3.63) is 69.2 Å². The smallest absolute Gasteiger partial charge is 0.416 e. The SMILES string of the molecule is CONC(=O)C1CN(C2=NC(=O)C(=C(Cc3ccc(Cl)cc3C(F)(F)F)c3ccc4[nH]ncc4c3)S2)CCN1C(=O)OC(C)(C)C. The molecule has 2 aromatic carbocycles. The molecule has 16 heteroatoms. The van der Waals surface area contributed by atoms with E-state index < -0.39 is 41.3 Å². The second kappa shape index (κ2) is 13.0. The van der Waals surface area contributed by atoms with E-state index in [0.29, 0.717) is 22.0 Å². The van der Waals surface area contributed by atoms with Gasteiger partial charge >= 0.3 is 12.3 Å². The topological polar surface area (TPSA) is 129 Å². The van der Waals surface area contributed by atoms with Gasteiger partial charge in [0.1, 0.15) is 11.6 Å². The summed E-state index contributed by atoms with van der Waals surface area (Å²) < 4.78 is 47.7. The van der Waals surface area contributed by atoms with Crippen LogP contribution in [0.5, 0.6) is 0 Å². The molecule has 1 atom stereocenters. The average molecular weight is 679 g/mol. The van der Waals surface area contributed by atoms with Gasteiger partial charge in [0.05, 0.1) is 29.3 Å². The second-order valence-electron chi connectivity index (χ2n) is 11.6. The molecule has 0 saturated carbocycles. The van der Waals surface area contributed by atoms with Crippen LogP contribution in [0.2, 0.25) is 5.02 Å². The maximum atomic E-state index is 14.1. The number of thioether (sulfide) groups is 1. The van der Waals surface area contributed by atoms with Crippen molar-refractivity contribution in [1.29, 1.82) is 0 Å². The first-order chi connectivity index (χ1) is 21.6. The molecule has 1 unspecified atom stereocenters. The monoisotopic (exact) mass is 678 g/mol. The molecule has 2 N–H and O–H groups in total. The Morgan fingerprint density at radius 3 is 2.61 bits per heavy atom. The van der Waals surface area contributed by atoms with Crippen molar-refractivity contribution < 1.29 is 37.1 Å². The molecule has 3 aromatic rings. The Morgan fingerprint density at radius 1 is 1.15 bits per heavy atom. The number of halogens is 4.